The number of hydrogen-bond donors (Lipinski definition) is 0. The number of carbonyl (C=O) groups excluding carboxylic acids is 2. The summed E-state index contributed by atoms with van der Waals surface area (Å²) in [6.07, 6.45) is 43.6. The van der Waals surface area contributed by atoms with Crippen molar-refractivity contribution in [3.05, 3.63) is 72.9 Å². The van der Waals surface area contributed by atoms with Crippen LogP contribution in [0.4, 0.5) is 0 Å². The van der Waals surface area contributed by atoms with Crippen molar-refractivity contribution in [2.24, 2.45) is 0 Å². The standard InChI is InChI=1S/C44H76NO8P/c1-6-8-10-12-14-16-18-20-21-22-23-25-27-29-31-33-35-37-44(47)53-42(41-52-54(48,49)51-39-38-45(3,4)5)40-50-43(46)36-34-32-30-28-26-24-19-17-15-13-11-9-7-2/h8-11,14-17,20-21,24,26,42H,6-7,12-13,18-19,22-23,25,27-41H2,1-5H3/b10-8-,11-9-,16-14-,17-15-,21-20-,26-24-. The molecule has 0 rings (SSSR count). The number of ether oxygens (including phenoxy) is 2. The van der Waals surface area contributed by atoms with Crippen molar-refractivity contribution >= 4 is 19.8 Å². The van der Waals surface area contributed by atoms with Gasteiger partial charge in [0.1, 0.15) is 19.8 Å². The van der Waals surface area contributed by atoms with Crippen molar-refractivity contribution in [2.45, 2.75) is 148 Å². The first-order chi connectivity index (χ1) is 26.0. The van der Waals surface area contributed by atoms with E-state index in [4.69, 9.17) is 18.5 Å². The minimum Gasteiger partial charge on any atom is -0.756 e. The van der Waals surface area contributed by atoms with Crippen LogP contribution in [-0.2, 0) is 32.7 Å². The van der Waals surface area contributed by atoms with Crippen molar-refractivity contribution < 1.29 is 42.1 Å². The van der Waals surface area contributed by atoms with Gasteiger partial charge in [0.2, 0.25) is 0 Å². The average Bonchev–Trinajstić information content (AvgIpc) is 3.12. The van der Waals surface area contributed by atoms with Crippen LogP contribution in [0.15, 0.2) is 72.9 Å². The summed E-state index contributed by atoms with van der Waals surface area (Å²) in [5.41, 5.74) is 0. The third kappa shape index (κ3) is 39.2. The lowest BCUT2D eigenvalue weighted by atomic mass is 10.1. The van der Waals surface area contributed by atoms with E-state index in [9.17, 15) is 19.0 Å². The largest absolute Gasteiger partial charge is 0.756 e. The molecule has 0 aliphatic rings. The maximum atomic E-state index is 12.6. The normalized spacial score (nSPS) is 14.4. The first-order valence-corrected chi connectivity index (χ1v) is 22.1. The van der Waals surface area contributed by atoms with Gasteiger partial charge >= 0.3 is 11.9 Å². The average molecular weight is 778 g/mol. The maximum Gasteiger partial charge on any atom is 0.306 e. The number of carbonyl (C=O) groups is 2. The predicted molar refractivity (Wildman–Crippen MR) is 222 cm³/mol. The van der Waals surface area contributed by atoms with E-state index in [-0.39, 0.29) is 26.1 Å². The summed E-state index contributed by atoms with van der Waals surface area (Å²) in [5.74, 6) is -0.889. The fourth-order valence-corrected chi connectivity index (χ4v) is 5.76. The van der Waals surface area contributed by atoms with Crippen molar-refractivity contribution in [1.29, 1.82) is 0 Å². The second kappa shape index (κ2) is 36.1. The molecule has 0 aromatic heterocycles. The van der Waals surface area contributed by atoms with Crippen LogP contribution >= 0.6 is 7.82 Å². The highest BCUT2D eigenvalue weighted by Crippen LogP contribution is 2.38. The monoisotopic (exact) mass is 778 g/mol. The highest BCUT2D eigenvalue weighted by atomic mass is 31.2. The Labute approximate surface area is 329 Å². The summed E-state index contributed by atoms with van der Waals surface area (Å²) in [6, 6.07) is 0. The molecule has 310 valence electrons. The molecule has 9 nitrogen and oxygen atoms in total. The molecule has 0 amide bonds. The van der Waals surface area contributed by atoms with Crippen LogP contribution in [0.5, 0.6) is 0 Å². The van der Waals surface area contributed by atoms with Crippen molar-refractivity contribution in [3.63, 3.8) is 0 Å². The highest BCUT2D eigenvalue weighted by molar-refractivity contribution is 7.45. The Morgan fingerprint density at radius 3 is 1.50 bits per heavy atom. The number of allylic oxidation sites excluding steroid dienone is 12. The fourth-order valence-electron chi connectivity index (χ4n) is 5.03. The Balaban J connectivity index is 4.46. The minimum atomic E-state index is -4.63. The lowest BCUT2D eigenvalue weighted by Gasteiger charge is -2.28. The Kier molecular flexibility index (Phi) is 34.4. The number of rotatable bonds is 36. The quantitative estimate of drug-likeness (QED) is 0.0203. The van der Waals surface area contributed by atoms with Gasteiger partial charge in [-0.2, -0.15) is 0 Å². The number of hydrogen-bond acceptors (Lipinski definition) is 8. The first-order valence-electron chi connectivity index (χ1n) is 20.6. The number of esters is 2. The molecule has 0 bridgehead atoms. The molecule has 0 aromatic rings. The van der Waals surface area contributed by atoms with Crippen LogP contribution in [0.1, 0.15) is 142 Å². The summed E-state index contributed by atoms with van der Waals surface area (Å²) in [6.45, 7) is 3.93. The van der Waals surface area contributed by atoms with E-state index >= 15 is 0 Å². The van der Waals surface area contributed by atoms with E-state index in [1.165, 1.54) is 19.3 Å². The van der Waals surface area contributed by atoms with E-state index in [0.717, 1.165) is 83.5 Å². The zero-order valence-corrected chi connectivity index (χ0v) is 35.5. The summed E-state index contributed by atoms with van der Waals surface area (Å²) in [5, 5.41) is 0. The van der Waals surface area contributed by atoms with Gasteiger partial charge in [0.25, 0.3) is 7.82 Å². The fraction of sp³-hybridized carbons (Fsp3) is 0.682. The Hall–Kier alpha value is -2.55. The number of likely N-dealkylation sites (N-methyl/N-ethyl adjacent to an activating group) is 1. The van der Waals surface area contributed by atoms with Gasteiger partial charge in [0.05, 0.1) is 27.7 Å². The predicted octanol–water partition coefficient (Wildman–Crippen LogP) is 10.8. The molecule has 0 radical (unpaired) electrons. The van der Waals surface area contributed by atoms with E-state index in [1.807, 2.05) is 21.1 Å². The first kappa shape index (κ1) is 51.5. The van der Waals surface area contributed by atoms with Gasteiger partial charge in [-0.25, -0.2) is 0 Å². The molecule has 0 aliphatic heterocycles. The van der Waals surface area contributed by atoms with Crippen molar-refractivity contribution in [3.8, 4) is 0 Å². The molecule has 0 fully saturated rings. The van der Waals surface area contributed by atoms with Crippen molar-refractivity contribution in [2.75, 3.05) is 47.5 Å². The number of phosphoric acid groups is 1. The second-order valence-corrected chi connectivity index (χ2v) is 16.0. The van der Waals surface area contributed by atoms with Crippen LogP contribution in [0, 0.1) is 0 Å². The third-order valence-corrected chi connectivity index (χ3v) is 9.19. The van der Waals surface area contributed by atoms with Gasteiger partial charge in [0.15, 0.2) is 6.10 Å². The molecular weight excluding hydrogens is 701 g/mol. The van der Waals surface area contributed by atoms with E-state index in [2.05, 4.69) is 86.8 Å². The maximum absolute atomic E-state index is 12.6. The van der Waals surface area contributed by atoms with Gasteiger partial charge in [-0.05, 0) is 77.0 Å². The molecule has 0 spiro atoms. The highest BCUT2D eigenvalue weighted by Gasteiger charge is 2.21. The molecule has 2 atom stereocenters. The minimum absolute atomic E-state index is 0.0417. The number of phosphoric ester groups is 1. The summed E-state index contributed by atoms with van der Waals surface area (Å²) in [7, 11) is 1.13. The van der Waals surface area contributed by atoms with E-state index < -0.39 is 32.5 Å². The SMILES string of the molecule is CC/C=C\C/C=C\C/C=C\CCCCCCCCCC(=O)OC(COC(=O)CCCCC/C=C\C/C=C\C/C=C\CC)COP(=O)([O-])OCC[N+](C)(C)C. The number of quaternary nitrogens is 1. The Bertz CT molecular complexity index is 1150. The van der Waals surface area contributed by atoms with E-state index in [1.54, 1.807) is 0 Å². The van der Waals surface area contributed by atoms with E-state index in [0.29, 0.717) is 23.9 Å². The topological polar surface area (TPSA) is 111 Å². The van der Waals surface area contributed by atoms with Gasteiger partial charge in [0, 0.05) is 12.8 Å². The third-order valence-electron chi connectivity index (χ3n) is 8.22. The van der Waals surface area contributed by atoms with Gasteiger partial charge in [-0.1, -0.05) is 125 Å². The summed E-state index contributed by atoms with van der Waals surface area (Å²) in [4.78, 5) is 37.4. The summed E-state index contributed by atoms with van der Waals surface area (Å²) >= 11 is 0. The molecule has 0 N–H and O–H groups in total. The lowest BCUT2D eigenvalue weighted by Crippen LogP contribution is -2.37. The van der Waals surface area contributed by atoms with Crippen molar-refractivity contribution in [1.82, 2.24) is 0 Å². The molecule has 0 saturated carbocycles. The molecule has 0 aromatic carbocycles. The summed E-state index contributed by atoms with van der Waals surface area (Å²) < 4.78 is 33.8. The van der Waals surface area contributed by atoms with Gasteiger partial charge < -0.3 is 27.9 Å². The van der Waals surface area contributed by atoms with Crippen LogP contribution in [0.25, 0.3) is 0 Å². The number of unbranched alkanes of at least 4 members (excludes halogenated alkanes) is 10. The second-order valence-electron chi connectivity index (χ2n) is 14.6. The van der Waals surface area contributed by atoms with Gasteiger partial charge in [-0.3, -0.25) is 14.2 Å². The van der Waals surface area contributed by atoms with Crippen LogP contribution in [0.3, 0.4) is 0 Å². The molecule has 0 saturated heterocycles. The van der Waals surface area contributed by atoms with Crippen LogP contribution < -0.4 is 4.89 Å². The molecule has 54 heavy (non-hydrogen) atoms. The molecule has 10 heteroatoms. The zero-order chi connectivity index (χ0) is 40.0. The molecule has 2 unspecified atom stereocenters. The van der Waals surface area contributed by atoms with Crippen LogP contribution in [0.2, 0.25) is 0 Å². The zero-order valence-electron chi connectivity index (χ0n) is 34.6. The van der Waals surface area contributed by atoms with Gasteiger partial charge in [-0.15, -0.1) is 0 Å². The Morgan fingerprint density at radius 2 is 1.00 bits per heavy atom. The smallest absolute Gasteiger partial charge is 0.306 e. The molecule has 0 aliphatic carbocycles. The Morgan fingerprint density at radius 1 is 0.574 bits per heavy atom. The molecule has 0 heterocycles. The number of nitrogens with zero attached hydrogens (tertiary/aromatic N) is 1. The lowest BCUT2D eigenvalue weighted by molar-refractivity contribution is -0.870. The van der Waals surface area contributed by atoms with Crippen LogP contribution in [-0.4, -0.2) is 70.0 Å². The molecular formula is C44H76NO8P.